The highest BCUT2D eigenvalue weighted by Gasteiger charge is 2.18. The molecule has 29 heavy (non-hydrogen) atoms. The molecule has 1 atom stereocenters. The first-order chi connectivity index (χ1) is 14.3. The Kier molecular flexibility index (Phi) is 5.81. The van der Waals surface area contributed by atoms with Gasteiger partial charge in [-0.15, -0.1) is 11.3 Å². The first kappa shape index (κ1) is 19.1. The molecule has 3 aromatic carbocycles. The van der Waals surface area contributed by atoms with Gasteiger partial charge in [0, 0.05) is 23.2 Å². The smallest absolute Gasteiger partial charge is 0.0998 e. The van der Waals surface area contributed by atoms with E-state index in [0.29, 0.717) is 5.56 Å². The summed E-state index contributed by atoms with van der Waals surface area (Å²) < 4.78 is 0. The van der Waals surface area contributed by atoms with Gasteiger partial charge < -0.3 is 5.32 Å². The number of nitrogens with zero attached hydrogens (tertiary/aromatic N) is 2. The molecule has 0 spiro atoms. The number of nitriles is 1. The molecule has 0 saturated carbocycles. The van der Waals surface area contributed by atoms with Crippen molar-refractivity contribution in [2.45, 2.75) is 19.5 Å². The predicted octanol–water partition coefficient (Wildman–Crippen LogP) is 5.87. The average molecular weight is 396 g/mol. The van der Waals surface area contributed by atoms with E-state index < -0.39 is 0 Å². The summed E-state index contributed by atoms with van der Waals surface area (Å²) in [5.74, 6) is 0. The second kappa shape index (κ2) is 8.83. The molecule has 1 aromatic heterocycles. The summed E-state index contributed by atoms with van der Waals surface area (Å²) in [5.41, 5.74) is 8.13. The largest absolute Gasteiger partial charge is 0.301 e. The van der Waals surface area contributed by atoms with Gasteiger partial charge in [0.05, 0.1) is 23.2 Å². The number of benzene rings is 3. The van der Waals surface area contributed by atoms with E-state index >= 15 is 0 Å². The lowest BCUT2D eigenvalue weighted by Gasteiger charge is -2.20. The predicted molar refractivity (Wildman–Crippen MR) is 119 cm³/mol. The van der Waals surface area contributed by atoms with Gasteiger partial charge in [-0.2, -0.15) is 5.26 Å². The summed E-state index contributed by atoms with van der Waals surface area (Å²) in [6.45, 7) is 2.83. The number of rotatable bonds is 6. The maximum atomic E-state index is 9.66. The van der Waals surface area contributed by atoms with Crippen LogP contribution in [0.5, 0.6) is 0 Å². The van der Waals surface area contributed by atoms with E-state index in [1.807, 2.05) is 42.0 Å². The molecule has 0 fully saturated rings. The highest BCUT2D eigenvalue weighted by molar-refractivity contribution is 7.09. The van der Waals surface area contributed by atoms with Crippen LogP contribution < -0.4 is 5.32 Å². The molecule has 4 heteroatoms. The molecule has 1 N–H and O–H groups in total. The lowest BCUT2D eigenvalue weighted by atomic mass is 9.92. The fraction of sp³-hybridized carbons (Fsp3) is 0.120. The molecule has 0 aliphatic rings. The van der Waals surface area contributed by atoms with Crippen LogP contribution in [0.25, 0.3) is 11.1 Å². The van der Waals surface area contributed by atoms with Gasteiger partial charge in [-0.05, 0) is 41.3 Å². The Morgan fingerprint density at radius 3 is 2.52 bits per heavy atom. The third-order valence-electron chi connectivity index (χ3n) is 5.02. The van der Waals surface area contributed by atoms with E-state index in [4.69, 9.17) is 0 Å². The SMILES string of the molecule is Cc1ccccc1-c1cc(C(NCc2ccccc2)c2cncs2)ccc1C#N. The van der Waals surface area contributed by atoms with Crippen molar-refractivity contribution in [1.82, 2.24) is 10.3 Å². The highest BCUT2D eigenvalue weighted by atomic mass is 32.1. The number of aryl methyl sites for hydroxylation is 1. The Morgan fingerprint density at radius 2 is 1.79 bits per heavy atom. The zero-order valence-electron chi connectivity index (χ0n) is 16.2. The number of thiazole rings is 1. The first-order valence-electron chi connectivity index (χ1n) is 9.52. The second-order valence-corrected chi connectivity index (χ2v) is 7.85. The molecule has 0 amide bonds. The van der Waals surface area contributed by atoms with Crippen LogP contribution in [0.1, 0.15) is 33.2 Å². The van der Waals surface area contributed by atoms with Crippen molar-refractivity contribution in [3.8, 4) is 17.2 Å². The van der Waals surface area contributed by atoms with Gasteiger partial charge in [0.1, 0.15) is 0 Å². The van der Waals surface area contributed by atoms with Crippen LogP contribution >= 0.6 is 11.3 Å². The lowest BCUT2D eigenvalue weighted by molar-refractivity contribution is 0.612. The lowest BCUT2D eigenvalue weighted by Crippen LogP contribution is -2.21. The van der Waals surface area contributed by atoms with Crippen LogP contribution in [-0.4, -0.2) is 4.98 Å². The molecule has 0 saturated heterocycles. The topological polar surface area (TPSA) is 48.7 Å². The Morgan fingerprint density at radius 1 is 1.00 bits per heavy atom. The van der Waals surface area contributed by atoms with Crippen molar-refractivity contribution in [3.05, 3.63) is 112 Å². The van der Waals surface area contributed by atoms with Crippen molar-refractivity contribution in [3.63, 3.8) is 0 Å². The van der Waals surface area contributed by atoms with Crippen LogP contribution in [0.3, 0.4) is 0 Å². The van der Waals surface area contributed by atoms with Gasteiger partial charge in [-0.3, -0.25) is 4.98 Å². The zero-order chi connectivity index (χ0) is 20.1. The van der Waals surface area contributed by atoms with Gasteiger partial charge >= 0.3 is 0 Å². The third kappa shape index (κ3) is 4.27. The Balaban J connectivity index is 1.74. The van der Waals surface area contributed by atoms with E-state index in [-0.39, 0.29) is 6.04 Å². The summed E-state index contributed by atoms with van der Waals surface area (Å²) >= 11 is 1.64. The molecule has 1 unspecified atom stereocenters. The Bertz CT molecular complexity index is 1130. The van der Waals surface area contributed by atoms with Crippen molar-refractivity contribution >= 4 is 11.3 Å². The van der Waals surface area contributed by atoms with Crippen molar-refractivity contribution in [1.29, 1.82) is 5.26 Å². The van der Waals surface area contributed by atoms with Crippen LogP contribution in [-0.2, 0) is 6.54 Å². The molecule has 3 nitrogen and oxygen atoms in total. The minimum atomic E-state index is 0.0122. The number of nitrogens with one attached hydrogen (secondary N) is 1. The van der Waals surface area contributed by atoms with Crippen molar-refractivity contribution < 1.29 is 0 Å². The van der Waals surface area contributed by atoms with E-state index in [0.717, 1.165) is 33.7 Å². The number of aromatic nitrogens is 1. The maximum Gasteiger partial charge on any atom is 0.0998 e. The second-order valence-electron chi connectivity index (χ2n) is 6.94. The monoisotopic (exact) mass is 395 g/mol. The fourth-order valence-electron chi connectivity index (χ4n) is 3.50. The Hall–Kier alpha value is -3.26. The molecule has 0 aliphatic carbocycles. The summed E-state index contributed by atoms with van der Waals surface area (Å²) in [6, 6.07) is 27.0. The van der Waals surface area contributed by atoms with Crippen molar-refractivity contribution in [2.75, 3.05) is 0 Å². The summed E-state index contributed by atoms with van der Waals surface area (Å²) in [6.07, 6.45) is 1.92. The molecule has 0 bridgehead atoms. The molecule has 1 heterocycles. The summed E-state index contributed by atoms with van der Waals surface area (Å²) in [5, 5.41) is 13.3. The highest BCUT2D eigenvalue weighted by Crippen LogP contribution is 2.32. The maximum absolute atomic E-state index is 9.66. The third-order valence-corrected chi connectivity index (χ3v) is 5.86. The molecule has 4 aromatic rings. The minimum absolute atomic E-state index is 0.0122. The van der Waals surface area contributed by atoms with Gasteiger partial charge in [0.15, 0.2) is 0 Å². The van der Waals surface area contributed by atoms with Crippen LogP contribution in [0, 0.1) is 18.3 Å². The quantitative estimate of drug-likeness (QED) is 0.444. The molecular formula is C25H21N3S. The first-order valence-corrected chi connectivity index (χ1v) is 10.4. The Labute approximate surface area is 175 Å². The van der Waals surface area contributed by atoms with Gasteiger partial charge in [-0.25, -0.2) is 0 Å². The van der Waals surface area contributed by atoms with E-state index in [1.54, 1.807) is 11.3 Å². The zero-order valence-corrected chi connectivity index (χ0v) is 17.0. The molecular weight excluding hydrogens is 374 g/mol. The summed E-state index contributed by atoms with van der Waals surface area (Å²) in [7, 11) is 0. The molecule has 142 valence electrons. The summed E-state index contributed by atoms with van der Waals surface area (Å²) in [4.78, 5) is 5.43. The van der Waals surface area contributed by atoms with Crippen LogP contribution in [0.15, 0.2) is 84.5 Å². The van der Waals surface area contributed by atoms with Gasteiger partial charge in [0.25, 0.3) is 0 Å². The minimum Gasteiger partial charge on any atom is -0.301 e. The van der Waals surface area contributed by atoms with Crippen LogP contribution in [0.4, 0.5) is 0 Å². The average Bonchev–Trinajstić information content (AvgIpc) is 3.29. The standard InChI is InChI=1S/C25H21N3S/c1-18-7-5-6-10-22(18)23-13-20(11-12-21(23)14-26)25(24-16-27-17-29-24)28-15-19-8-3-2-4-9-19/h2-13,16-17,25,28H,15H2,1H3. The fourth-order valence-corrected chi connectivity index (χ4v) is 4.22. The molecule has 4 rings (SSSR count). The van der Waals surface area contributed by atoms with Gasteiger partial charge in [0.2, 0.25) is 0 Å². The normalized spacial score (nSPS) is 11.7. The van der Waals surface area contributed by atoms with E-state index in [9.17, 15) is 5.26 Å². The van der Waals surface area contributed by atoms with E-state index in [2.05, 4.69) is 65.8 Å². The number of hydrogen-bond donors (Lipinski definition) is 1. The van der Waals surface area contributed by atoms with Gasteiger partial charge in [-0.1, -0.05) is 60.7 Å². The van der Waals surface area contributed by atoms with E-state index in [1.165, 1.54) is 5.56 Å². The van der Waals surface area contributed by atoms with Crippen LogP contribution in [0.2, 0.25) is 0 Å². The number of hydrogen-bond acceptors (Lipinski definition) is 4. The molecule has 0 aliphatic heterocycles. The van der Waals surface area contributed by atoms with Crippen molar-refractivity contribution in [2.24, 2.45) is 0 Å². The molecule has 0 radical (unpaired) electrons.